The highest BCUT2D eigenvalue weighted by atomic mass is 16.5. The molecule has 5 rings (SSSR count). The molecule has 1 saturated heterocycles. The van der Waals surface area contributed by atoms with E-state index in [1.807, 2.05) is 48.5 Å². The van der Waals surface area contributed by atoms with Crippen molar-refractivity contribution in [1.82, 2.24) is 0 Å². The fraction of sp³-hybridized carbons (Fsp3) is 0.250. The molecule has 0 saturated carbocycles. The highest BCUT2D eigenvalue weighted by Crippen LogP contribution is 2.59. The van der Waals surface area contributed by atoms with Crippen LogP contribution in [0.25, 0.3) is 0 Å². The van der Waals surface area contributed by atoms with Crippen molar-refractivity contribution in [3.63, 3.8) is 0 Å². The Labute approximate surface area is 218 Å². The van der Waals surface area contributed by atoms with E-state index in [4.69, 9.17) is 23.7 Å². The average molecular weight is 497 g/mol. The lowest BCUT2D eigenvalue weighted by molar-refractivity contribution is 0.0367. The predicted octanol–water partition coefficient (Wildman–Crippen LogP) is 7.10. The zero-order valence-electron chi connectivity index (χ0n) is 21.6. The molecule has 0 unspecified atom stereocenters. The van der Waals surface area contributed by atoms with Gasteiger partial charge in [-0.1, -0.05) is 48.5 Å². The van der Waals surface area contributed by atoms with E-state index in [0.717, 1.165) is 34.1 Å². The molecule has 0 aromatic heterocycles. The van der Waals surface area contributed by atoms with Crippen molar-refractivity contribution in [1.29, 1.82) is 0 Å². The summed E-state index contributed by atoms with van der Waals surface area (Å²) in [4.78, 5) is 0. The van der Waals surface area contributed by atoms with Gasteiger partial charge >= 0.3 is 0 Å². The maximum atomic E-state index is 6.98. The third-order valence-electron chi connectivity index (χ3n) is 7.22. The van der Waals surface area contributed by atoms with Crippen molar-refractivity contribution in [2.45, 2.75) is 24.0 Å². The lowest BCUT2D eigenvalue weighted by Gasteiger charge is -2.26. The molecular formula is C32H32O5. The Kier molecular flexibility index (Phi) is 7.33. The third-order valence-corrected chi connectivity index (χ3v) is 7.22. The molecule has 0 N–H and O–H groups in total. The van der Waals surface area contributed by atoms with Crippen LogP contribution in [0.2, 0.25) is 0 Å². The van der Waals surface area contributed by atoms with Gasteiger partial charge in [0.1, 0.15) is 23.0 Å². The summed E-state index contributed by atoms with van der Waals surface area (Å²) in [6.45, 7) is 0. The lowest BCUT2D eigenvalue weighted by atomic mass is 9.75. The standard InChI is InChI=1S/C32H32O5/c1-33-25-13-5-21(6-14-25)29-30(22-7-15-26(34-2)16-8-22)32(24-11-19-28(36-4)20-12-24)37-31(29)23-9-17-27(35-3)18-10-23/h5-20,29-32H,1-4H3/t29-,30+,31+,32-. The topological polar surface area (TPSA) is 46.2 Å². The van der Waals surface area contributed by atoms with Gasteiger partial charge in [-0.15, -0.1) is 0 Å². The number of hydrogen-bond donors (Lipinski definition) is 0. The van der Waals surface area contributed by atoms with Gasteiger partial charge in [0.15, 0.2) is 0 Å². The summed E-state index contributed by atoms with van der Waals surface area (Å²) in [6, 6.07) is 33.0. The van der Waals surface area contributed by atoms with Crippen molar-refractivity contribution in [3.05, 3.63) is 119 Å². The Morgan fingerprint density at radius 1 is 0.378 bits per heavy atom. The molecule has 1 heterocycles. The van der Waals surface area contributed by atoms with E-state index >= 15 is 0 Å². The molecule has 0 bridgehead atoms. The summed E-state index contributed by atoms with van der Waals surface area (Å²) in [5, 5.41) is 0. The van der Waals surface area contributed by atoms with Crippen LogP contribution in [0.3, 0.4) is 0 Å². The number of ether oxygens (including phenoxy) is 5. The molecule has 0 spiro atoms. The summed E-state index contributed by atoms with van der Waals surface area (Å²) >= 11 is 0. The number of hydrogen-bond acceptors (Lipinski definition) is 5. The van der Waals surface area contributed by atoms with Crippen molar-refractivity contribution >= 4 is 0 Å². The summed E-state index contributed by atoms with van der Waals surface area (Å²) in [7, 11) is 6.74. The first-order valence-corrected chi connectivity index (χ1v) is 12.4. The van der Waals surface area contributed by atoms with Gasteiger partial charge in [-0.2, -0.15) is 0 Å². The lowest BCUT2D eigenvalue weighted by Crippen LogP contribution is -2.14. The van der Waals surface area contributed by atoms with Crippen LogP contribution in [0.15, 0.2) is 97.1 Å². The van der Waals surface area contributed by atoms with Crippen molar-refractivity contribution in [2.75, 3.05) is 28.4 Å². The molecule has 190 valence electrons. The summed E-state index contributed by atoms with van der Waals surface area (Å²) in [6.07, 6.45) is -0.336. The zero-order chi connectivity index (χ0) is 25.8. The number of rotatable bonds is 8. The second kappa shape index (κ2) is 11.0. The summed E-state index contributed by atoms with van der Waals surface area (Å²) in [5.74, 6) is 3.41. The normalized spacial score (nSPS) is 20.9. The van der Waals surface area contributed by atoms with Crippen LogP contribution < -0.4 is 18.9 Å². The van der Waals surface area contributed by atoms with E-state index in [0.29, 0.717) is 0 Å². The fourth-order valence-electron chi connectivity index (χ4n) is 5.28. The summed E-state index contributed by atoms with van der Waals surface area (Å²) < 4.78 is 28.7. The minimum Gasteiger partial charge on any atom is -0.497 e. The first-order valence-electron chi connectivity index (χ1n) is 12.4. The smallest absolute Gasteiger partial charge is 0.118 e. The van der Waals surface area contributed by atoms with Crippen LogP contribution in [0.1, 0.15) is 46.3 Å². The second-order valence-electron chi connectivity index (χ2n) is 9.12. The van der Waals surface area contributed by atoms with Gasteiger partial charge < -0.3 is 23.7 Å². The monoisotopic (exact) mass is 496 g/mol. The van der Waals surface area contributed by atoms with Gasteiger partial charge in [0, 0.05) is 11.8 Å². The Bertz CT molecular complexity index is 1180. The van der Waals surface area contributed by atoms with Crippen LogP contribution in [-0.2, 0) is 4.74 Å². The fourth-order valence-corrected chi connectivity index (χ4v) is 5.28. The Balaban J connectivity index is 1.65. The van der Waals surface area contributed by atoms with Crippen LogP contribution in [0.4, 0.5) is 0 Å². The highest BCUT2D eigenvalue weighted by molar-refractivity contribution is 5.43. The SMILES string of the molecule is COc1ccc([C@@H]2[C@H](c3ccc(OC)cc3)[C@@H](c3ccc(OC)cc3)O[C@H]2c2ccc(OC)cc2)cc1. The third kappa shape index (κ3) is 5.00. The van der Waals surface area contributed by atoms with E-state index in [9.17, 15) is 0 Å². The van der Waals surface area contributed by atoms with Gasteiger partial charge in [0.25, 0.3) is 0 Å². The summed E-state index contributed by atoms with van der Waals surface area (Å²) in [5.41, 5.74) is 4.60. The second-order valence-corrected chi connectivity index (χ2v) is 9.12. The molecule has 37 heavy (non-hydrogen) atoms. The predicted molar refractivity (Wildman–Crippen MR) is 144 cm³/mol. The Hall–Kier alpha value is -3.96. The molecule has 4 aromatic carbocycles. The molecule has 4 atom stereocenters. The van der Waals surface area contributed by atoms with Crippen LogP contribution in [0.5, 0.6) is 23.0 Å². The van der Waals surface area contributed by atoms with Gasteiger partial charge in [0.05, 0.1) is 40.6 Å². The average Bonchev–Trinajstić information content (AvgIpc) is 3.38. The molecule has 5 nitrogen and oxygen atoms in total. The van der Waals surface area contributed by atoms with E-state index in [1.54, 1.807) is 28.4 Å². The molecular weight excluding hydrogens is 464 g/mol. The molecule has 0 aliphatic carbocycles. The zero-order valence-corrected chi connectivity index (χ0v) is 21.6. The van der Waals surface area contributed by atoms with Crippen molar-refractivity contribution < 1.29 is 23.7 Å². The Morgan fingerprint density at radius 3 is 0.865 bits per heavy atom. The van der Waals surface area contributed by atoms with E-state index in [1.165, 1.54) is 11.1 Å². The molecule has 4 aromatic rings. The molecule has 1 aliphatic heterocycles. The first-order chi connectivity index (χ1) is 18.1. The molecule has 1 fully saturated rings. The number of benzene rings is 4. The van der Waals surface area contributed by atoms with E-state index in [2.05, 4.69) is 48.5 Å². The van der Waals surface area contributed by atoms with Crippen molar-refractivity contribution in [3.8, 4) is 23.0 Å². The largest absolute Gasteiger partial charge is 0.497 e. The Morgan fingerprint density at radius 2 is 0.622 bits per heavy atom. The van der Waals surface area contributed by atoms with E-state index < -0.39 is 0 Å². The minimum absolute atomic E-state index is 0.0554. The van der Waals surface area contributed by atoms with Gasteiger partial charge in [0.2, 0.25) is 0 Å². The first kappa shape index (κ1) is 24.7. The quantitative estimate of drug-likeness (QED) is 0.260. The molecule has 0 amide bonds. The van der Waals surface area contributed by atoms with Gasteiger partial charge in [-0.05, 0) is 70.8 Å². The van der Waals surface area contributed by atoms with Crippen molar-refractivity contribution in [2.24, 2.45) is 0 Å². The van der Waals surface area contributed by atoms with Crippen LogP contribution in [-0.4, -0.2) is 28.4 Å². The van der Waals surface area contributed by atoms with E-state index in [-0.39, 0.29) is 24.0 Å². The molecule has 0 radical (unpaired) electrons. The maximum absolute atomic E-state index is 6.98. The highest BCUT2D eigenvalue weighted by Gasteiger charge is 2.47. The van der Waals surface area contributed by atoms with Crippen LogP contribution in [0, 0.1) is 0 Å². The molecule has 5 heteroatoms. The van der Waals surface area contributed by atoms with Gasteiger partial charge in [-0.3, -0.25) is 0 Å². The molecule has 1 aliphatic rings. The minimum atomic E-state index is -0.168. The van der Waals surface area contributed by atoms with Gasteiger partial charge in [-0.25, -0.2) is 0 Å². The maximum Gasteiger partial charge on any atom is 0.118 e. The van der Waals surface area contributed by atoms with Crippen LogP contribution >= 0.6 is 0 Å². The number of methoxy groups -OCH3 is 4.